The molecule has 0 nitrogen and oxygen atoms in total. The van der Waals surface area contributed by atoms with Crippen molar-refractivity contribution in [2.45, 2.75) is 48.1 Å². The van der Waals surface area contributed by atoms with Gasteiger partial charge in [-0.05, 0) is 0 Å². The minimum Gasteiger partial charge on any atom is -0.147 e. The molecule has 6 rings (SSSR count). The van der Waals surface area contributed by atoms with Crippen molar-refractivity contribution in [3.63, 3.8) is 0 Å². The molecule has 0 spiro atoms. The molecule has 0 N–H and O–H groups in total. The first-order valence-electron chi connectivity index (χ1n) is 14.0. The van der Waals surface area contributed by atoms with E-state index in [0.717, 1.165) is 0 Å². The van der Waals surface area contributed by atoms with E-state index in [9.17, 15) is 0 Å². The van der Waals surface area contributed by atoms with Gasteiger partial charge in [-0.2, -0.15) is 0 Å². The van der Waals surface area contributed by atoms with Gasteiger partial charge >= 0.3 is 239 Å². The van der Waals surface area contributed by atoms with Gasteiger partial charge in [-0.25, -0.2) is 0 Å². The zero-order valence-electron chi connectivity index (χ0n) is 24.3. The zero-order chi connectivity index (χ0) is 26.6. The van der Waals surface area contributed by atoms with Crippen molar-refractivity contribution in [3.8, 4) is 22.3 Å². The number of fused-ring (bicyclic) bond motifs is 2. The fourth-order valence-electron chi connectivity index (χ4n) is 7.04. The SMILES string of the molecule is CC1=Cc2c(-c3ccccc3C)cccc2[CH]1[Hf]([CH]1C(C)=Cc2c(-c3ccccc3C)cccc21)[SiH](C)C.Cl.Cl. The first kappa shape index (κ1) is 31.0. The number of halogens is 2. The van der Waals surface area contributed by atoms with E-state index in [0.29, 0.717) is 7.35 Å². The molecule has 0 amide bonds. The molecule has 0 heterocycles. The first-order chi connectivity index (χ1) is 18.4. The van der Waals surface area contributed by atoms with Gasteiger partial charge in [0.2, 0.25) is 0 Å². The fourth-order valence-corrected chi connectivity index (χ4v) is 40.0. The molecule has 2 unspecified atom stereocenters. The topological polar surface area (TPSA) is 0 Å². The van der Waals surface area contributed by atoms with E-state index >= 15 is 0 Å². The summed E-state index contributed by atoms with van der Waals surface area (Å²) in [7, 11) is 0. The Labute approximate surface area is 261 Å². The second-order valence-electron chi connectivity index (χ2n) is 11.5. The van der Waals surface area contributed by atoms with Crippen molar-refractivity contribution in [2.24, 2.45) is 0 Å². The smallest absolute Gasteiger partial charge is 0.147 e. The average molecular weight is 749 g/mol. The van der Waals surface area contributed by atoms with Gasteiger partial charge in [-0.15, -0.1) is 24.8 Å². The molecule has 0 saturated heterocycles. The van der Waals surface area contributed by atoms with Crippen molar-refractivity contribution in [2.75, 3.05) is 0 Å². The third kappa shape index (κ3) is 5.22. The summed E-state index contributed by atoms with van der Waals surface area (Å²) in [4.78, 5) is 0. The van der Waals surface area contributed by atoms with Crippen LogP contribution in [0.3, 0.4) is 0 Å². The van der Waals surface area contributed by atoms with Crippen LogP contribution in [0.2, 0.25) is 13.1 Å². The van der Waals surface area contributed by atoms with E-state index in [1.54, 1.807) is 22.3 Å². The van der Waals surface area contributed by atoms with Crippen LogP contribution in [0.15, 0.2) is 96.1 Å². The predicted octanol–water partition coefficient (Wildman–Crippen LogP) is 10.7. The Bertz CT molecular complexity index is 1500. The van der Waals surface area contributed by atoms with Gasteiger partial charge in [-0.1, -0.05) is 0 Å². The van der Waals surface area contributed by atoms with E-state index in [-0.39, 0.29) is 24.8 Å². The minimum atomic E-state index is -2.26. The van der Waals surface area contributed by atoms with Gasteiger partial charge < -0.3 is 0 Å². The molecule has 4 heteroatoms. The van der Waals surface area contributed by atoms with Crippen LogP contribution in [0.25, 0.3) is 34.4 Å². The summed E-state index contributed by atoms with van der Waals surface area (Å²) in [6.45, 7) is 14.7. The number of aryl methyl sites for hydroxylation is 2. The molecule has 2 aliphatic carbocycles. The quantitative estimate of drug-likeness (QED) is 0.178. The van der Waals surface area contributed by atoms with Gasteiger partial charge in [0, 0.05) is 0 Å². The molecule has 0 fully saturated rings. The maximum absolute atomic E-state index is 2.66. The Morgan fingerprint density at radius 2 is 0.875 bits per heavy atom. The van der Waals surface area contributed by atoms with E-state index in [2.05, 4.69) is 138 Å². The van der Waals surface area contributed by atoms with Crippen molar-refractivity contribution >= 4 is 42.9 Å². The maximum Gasteiger partial charge on any atom is -0.147 e. The van der Waals surface area contributed by atoms with Gasteiger partial charge in [0.1, 0.15) is 0 Å². The van der Waals surface area contributed by atoms with Crippen LogP contribution in [0.1, 0.15) is 54.6 Å². The Balaban J connectivity index is 0.00000185. The molecule has 0 radical (unpaired) electrons. The summed E-state index contributed by atoms with van der Waals surface area (Å²) < 4.78 is 1.37. The monoisotopic (exact) mass is 749 g/mol. The zero-order valence-corrected chi connectivity index (χ0v) is 30.7. The van der Waals surface area contributed by atoms with Gasteiger partial charge in [-0.3, -0.25) is 0 Å². The van der Waals surface area contributed by atoms with Crippen LogP contribution < -0.4 is 0 Å². The molecule has 0 aliphatic heterocycles. The van der Waals surface area contributed by atoms with Crippen molar-refractivity contribution in [3.05, 3.63) is 129 Å². The van der Waals surface area contributed by atoms with Crippen molar-refractivity contribution < 1.29 is 20.6 Å². The van der Waals surface area contributed by atoms with Gasteiger partial charge in [0.05, 0.1) is 0 Å². The maximum atomic E-state index is 2.66. The molecule has 0 aromatic heterocycles. The van der Waals surface area contributed by atoms with Gasteiger partial charge in [0.15, 0.2) is 0 Å². The third-order valence-electron chi connectivity index (χ3n) is 8.76. The van der Waals surface area contributed by atoms with Crippen LogP contribution in [-0.4, -0.2) is 5.98 Å². The van der Waals surface area contributed by atoms with Crippen LogP contribution in [-0.2, 0) is 20.6 Å². The number of hydrogen-bond donors (Lipinski definition) is 0. The molecule has 4 aromatic rings. The Hall–Kier alpha value is -1.97. The molecule has 0 bridgehead atoms. The summed E-state index contributed by atoms with van der Waals surface area (Å²) in [6, 6.07) is 32.0. The largest absolute Gasteiger partial charge is 0.147 e. The first-order valence-corrected chi connectivity index (χ1v) is 27.2. The molecule has 205 valence electrons. The number of hydrogen-bond acceptors (Lipinski definition) is 0. The molecule has 0 saturated carbocycles. The molecular weight excluding hydrogens is 710 g/mol. The molecular formula is C36H39Cl2HfSi. The van der Waals surface area contributed by atoms with Gasteiger partial charge in [0.25, 0.3) is 0 Å². The van der Waals surface area contributed by atoms with Crippen molar-refractivity contribution in [1.82, 2.24) is 0 Å². The van der Waals surface area contributed by atoms with E-state index in [4.69, 9.17) is 0 Å². The Morgan fingerprint density at radius 1 is 0.500 bits per heavy atom. The fraction of sp³-hybridized carbons (Fsp3) is 0.222. The Kier molecular flexibility index (Phi) is 9.67. The second kappa shape index (κ2) is 12.5. The molecule has 40 heavy (non-hydrogen) atoms. The Morgan fingerprint density at radius 3 is 1.25 bits per heavy atom. The molecule has 4 aromatic carbocycles. The summed E-state index contributed by atoms with van der Waals surface area (Å²) >= 11 is -2.26. The summed E-state index contributed by atoms with van der Waals surface area (Å²) in [5.41, 5.74) is 17.8. The number of benzene rings is 4. The predicted molar refractivity (Wildman–Crippen MR) is 179 cm³/mol. The summed E-state index contributed by atoms with van der Waals surface area (Å²) in [5, 5.41) is 0. The van der Waals surface area contributed by atoms with E-state index in [1.165, 1.54) is 44.5 Å². The van der Waals surface area contributed by atoms with Crippen LogP contribution in [0, 0.1) is 13.8 Å². The average Bonchev–Trinajstić information content (AvgIpc) is 3.41. The van der Waals surface area contributed by atoms with E-state index in [1.807, 2.05) is 0 Å². The minimum absolute atomic E-state index is 0. The number of allylic oxidation sites excluding steroid dienone is 2. The van der Waals surface area contributed by atoms with E-state index < -0.39 is 26.6 Å². The van der Waals surface area contributed by atoms with Crippen LogP contribution >= 0.6 is 24.8 Å². The van der Waals surface area contributed by atoms with Crippen molar-refractivity contribution in [1.29, 1.82) is 0 Å². The molecule has 2 aliphatic rings. The molecule has 2 atom stereocenters. The van der Waals surface area contributed by atoms with Crippen LogP contribution in [0.5, 0.6) is 0 Å². The van der Waals surface area contributed by atoms with Crippen LogP contribution in [0.4, 0.5) is 0 Å². The number of rotatable bonds is 5. The second-order valence-corrected chi connectivity index (χ2v) is 39.5. The standard InChI is InChI=1S/2C17H15.C2H7Si.2ClH.Hf/c2*1-12-10-14-7-5-9-16(17(14)11-12)15-8-4-3-6-13(15)2;1-3-2;;;/h2*3-11H,1-2H3;3H,1-2H3;2*1H;. The third-order valence-corrected chi connectivity index (χ3v) is 40.2. The summed E-state index contributed by atoms with van der Waals surface area (Å²) in [5.74, 6) is -0.854. The normalized spacial score (nSPS) is 16.9. The summed E-state index contributed by atoms with van der Waals surface area (Å²) in [6.07, 6.45) is 5.11.